The molecular formula is C16H22F3N3O6S2. The van der Waals surface area contributed by atoms with Crippen LogP contribution in [0.15, 0.2) is 28.0 Å². The molecule has 0 aliphatic carbocycles. The van der Waals surface area contributed by atoms with Gasteiger partial charge in [0.15, 0.2) is 0 Å². The van der Waals surface area contributed by atoms with Crippen LogP contribution in [0.1, 0.15) is 27.2 Å². The van der Waals surface area contributed by atoms with E-state index in [2.05, 4.69) is 5.32 Å². The summed E-state index contributed by atoms with van der Waals surface area (Å²) < 4.78 is 91.4. The van der Waals surface area contributed by atoms with Gasteiger partial charge in [-0.1, -0.05) is 0 Å². The number of nitrogens with zero attached hydrogens (tertiary/aromatic N) is 1. The Kier molecular flexibility index (Phi) is 6.37. The molecule has 14 heteroatoms. The van der Waals surface area contributed by atoms with Crippen molar-refractivity contribution < 1.29 is 39.5 Å². The van der Waals surface area contributed by atoms with Gasteiger partial charge in [-0.25, -0.2) is 26.8 Å². The largest absolute Gasteiger partial charge is 0.501 e. The minimum Gasteiger partial charge on any atom is -0.444 e. The third kappa shape index (κ3) is 5.55. The Morgan fingerprint density at radius 3 is 2.30 bits per heavy atom. The summed E-state index contributed by atoms with van der Waals surface area (Å²) in [5, 5.41) is 7.56. The maximum Gasteiger partial charge on any atom is 0.501 e. The Morgan fingerprint density at radius 2 is 1.80 bits per heavy atom. The fourth-order valence-electron chi connectivity index (χ4n) is 2.74. The molecule has 1 unspecified atom stereocenters. The number of rotatable bonds is 4. The quantitative estimate of drug-likeness (QED) is 0.683. The van der Waals surface area contributed by atoms with Crippen molar-refractivity contribution >= 4 is 31.6 Å². The van der Waals surface area contributed by atoms with Gasteiger partial charge in [0.05, 0.1) is 10.6 Å². The van der Waals surface area contributed by atoms with E-state index < -0.39 is 58.6 Å². The number of likely N-dealkylation sites (tertiary alicyclic amines) is 1. The standard InChI is InChI=1S/C16H22F3N3O6S2/c1-15(2,3)28-14(23)22-7-6-10(9-22)21-12-5-4-11(30(20,26)27)8-13(12)29(24,25)16(17,18)19/h4-5,8,10,21H,6-7,9H2,1-3H3,(H2,20,26,27). The van der Waals surface area contributed by atoms with E-state index in [-0.39, 0.29) is 13.1 Å². The number of sulfonamides is 1. The first-order valence-electron chi connectivity index (χ1n) is 8.64. The summed E-state index contributed by atoms with van der Waals surface area (Å²) in [6.07, 6.45) is -0.304. The van der Waals surface area contributed by atoms with E-state index in [1.165, 1.54) is 4.90 Å². The average Bonchev–Trinajstić information content (AvgIpc) is 3.00. The molecule has 170 valence electrons. The van der Waals surface area contributed by atoms with Crippen LogP contribution in [-0.2, 0) is 24.6 Å². The number of nitrogens with one attached hydrogen (secondary N) is 1. The first-order valence-corrected chi connectivity index (χ1v) is 11.7. The molecule has 1 aliphatic heterocycles. The van der Waals surface area contributed by atoms with Gasteiger partial charge < -0.3 is 15.0 Å². The molecule has 1 fully saturated rings. The number of hydrogen-bond acceptors (Lipinski definition) is 7. The van der Waals surface area contributed by atoms with Crippen molar-refractivity contribution in [3.8, 4) is 0 Å². The number of alkyl halides is 3. The summed E-state index contributed by atoms with van der Waals surface area (Å²) in [6, 6.07) is 1.57. The van der Waals surface area contributed by atoms with Crippen molar-refractivity contribution in [2.75, 3.05) is 18.4 Å². The van der Waals surface area contributed by atoms with Crippen molar-refractivity contribution in [2.45, 2.75) is 54.1 Å². The van der Waals surface area contributed by atoms with E-state index in [1.807, 2.05) is 0 Å². The molecule has 0 radical (unpaired) electrons. The molecule has 0 aromatic heterocycles. The van der Waals surface area contributed by atoms with Gasteiger partial charge in [-0.05, 0) is 45.4 Å². The van der Waals surface area contributed by atoms with Crippen LogP contribution in [0.25, 0.3) is 0 Å². The smallest absolute Gasteiger partial charge is 0.444 e. The highest BCUT2D eigenvalue weighted by molar-refractivity contribution is 7.92. The Labute approximate surface area is 172 Å². The number of anilines is 1. The third-order valence-corrected chi connectivity index (χ3v) is 6.51. The van der Waals surface area contributed by atoms with Gasteiger partial charge in [0.2, 0.25) is 10.0 Å². The summed E-state index contributed by atoms with van der Waals surface area (Å²) in [5.74, 6) is 0. The van der Waals surface area contributed by atoms with Crippen molar-refractivity contribution in [2.24, 2.45) is 5.14 Å². The van der Waals surface area contributed by atoms with Crippen LogP contribution in [0, 0.1) is 0 Å². The van der Waals surface area contributed by atoms with Crippen LogP contribution >= 0.6 is 0 Å². The second-order valence-corrected chi connectivity index (χ2v) is 11.2. The summed E-state index contributed by atoms with van der Waals surface area (Å²) in [7, 11) is -10.3. The first-order chi connectivity index (χ1) is 13.4. The molecule has 0 saturated carbocycles. The molecule has 30 heavy (non-hydrogen) atoms. The lowest BCUT2D eigenvalue weighted by atomic mass is 10.2. The van der Waals surface area contributed by atoms with E-state index in [0.29, 0.717) is 12.5 Å². The average molecular weight is 473 g/mol. The van der Waals surface area contributed by atoms with Crippen molar-refractivity contribution in [3.05, 3.63) is 18.2 Å². The molecular weight excluding hydrogens is 451 g/mol. The lowest BCUT2D eigenvalue weighted by Crippen LogP contribution is -2.36. The zero-order chi connectivity index (χ0) is 23.1. The van der Waals surface area contributed by atoms with Gasteiger partial charge in [-0.2, -0.15) is 13.2 Å². The number of carbonyl (C=O) groups excluding carboxylic acids is 1. The van der Waals surface area contributed by atoms with E-state index in [4.69, 9.17) is 9.88 Å². The van der Waals surface area contributed by atoms with Gasteiger partial charge in [-0.3, -0.25) is 0 Å². The van der Waals surface area contributed by atoms with E-state index >= 15 is 0 Å². The molecule has 2 rings (SSSR count). The predicted octanol–water partition coefficient (Wildman–Crippen LogP) is 2.05. The van der Waals surface area contributed by atoms with Crippen LogP contribution in [0.4, 0.5) is 23.7 Å². The molecule has 1 heterocycles. The number of halogens is 3. The van der Waals surface area contributed by atoms with E-state index in [9.17, 15) is 34.8 Å². The molecule has 1 saturated heterocycles. The molecule has 0 spiro atoms. The molecule has 3 N–H and O–H groups in total. The van der Waals surface area contributed by atoms with Crippen molar-refractivity contribution in [3.63, 3.8) is 0 Å². The third-order valence-electron chi connectivity index (χ3n) is 4.08. The SMILES string of the molecule is CC(C)(C)OC(=O)N1CCC(Nc2ccc(S(N)(=O)=O)cc2S(=O)(=O)C(F)(F)F)C1. The maximum absolute atomic E-state index is 13.1. The monoisotopic (exact) mass is 473 g/mol. The summed E-state index contributed by atoms with van der Waals surface area (Å²) in [5.41, 5.74) is -6.84. The van der Waals surface area contributed by atoms with E-state index in [0.717, 1.165) is 12.1 Å². The van der Waals surface area contributed by atoms with Crippen LogP contribution in [-0.4, -0.2) is 58.1 Å². The Hall–Kier alpha value is -2.06. The van der Waals surface area contributed by atoms with Crippen molar-refractivity contribution in [1.82, 2.24) is 4.90 Å². The Balaban J connectivity index is 2.33. The molecule has 9 nitrogen and oxygen atoms in total. The van der Waals surface area contributed by atoms with Gasteiger partial charge >= 0.3 is 11.6 Å². The Morgan fingerprint density at radius 1 is 1.20 bits per heavy atom. The van der Waals surface area contributed by atoms with Crippen LogP contribution < -0.4 is 10.5 Å². The van der Waals surface area contributed by atoms with Crippen LogP contribution in [0.3, 0.4) is 0 Å². The zero-order valence-electron chi connectivity index (χ0n) is 16.4. The van der Waals surface area contributed by atoms with Gasteiger partial charge in [0.25, 0.3) is 9.84 Å². The zero-order valence-corrected chi connectivity index (χ0v) is 18.0. The molecule has 1 atom stereocenters. The second kappa shape index (κ2) is 7.89. The number of hydrogen-bond donors (Lipinski definition) is 2. The first kappa shape index (κ1) is 24.2. The summed E-state index contributed by atoms with van der Waals surface area (Å²) >= 11 is 0. The number of carbonyl (C=O) groups is 1. The molecule has 1 amide bonds. The maximum atomic E-state index is 13.1. The normalized spacial score (nSPS) is 18.4. The molecule has 0 bridgehead atoms. The Bertz CT molecular complexity index is 1030. The number of primary sulfonamides is 1. The van der Waals surface area contributed by atoms with Gasteiger partial charge in [0.1, 0.15) is 10.5 Å². The summed E-state index contributed by atoms with van der Waals surface area (Å²) in [4.78, 5) is 11.4. The van der Waals surface area contributed by atoms with Gasteiger partial charge in [0, 0.05) is 19.1 Å². The number of amides is 1. The van der Waals surface area contributed by atoms with Crippen molar-refractivity contribution in [1.29, 1.82) is 0 Å². The van der Waals surface area contributed by atoms with Crippen LogP contribution in [0.5, 0.6) is 0 Å². The molecule has 1 aromatic carbocycles. The molecule has 1 aliphatic rings. The lowest BCUT2D eigenvalue weighted by Gasteiger charge is -2.24. The minimum atomic E-state index is -5.87. The highest BCUT2D eigenvalue weighted by Crippen LogP contribution is 2.36. The molecule has 1 aromatic rings. The fraction of sp³-hybridized carbons (Fsp3) is 0.562. The van der Waals surface area contributed by atoms with Crippen LogP contribution in [0.2, 0.25) is 0 Å². The number of sulfone groups is 1. The highest BCUT2D eigenvalue weighted by Gasteiger charge is 2.48. The predicted molar refractivity (Wildman–Crippen MR) is 101 cm³/mol. The lowest BCUT2D eigenvalue weighted by molar-refractivity contribution is -0.0435. The second-order valence-electron chi connectivity index (χ2n) is 7.71. The number of nitrogens with two attached hydrogens (primary N) is 1. The topological polar surface area (TPSA) is 136 Å². The summed E-state index contributed by atoms with van der Waals surface area (Å²) in [6.45, 7) is 5.33. The number of benzene rings is 1. The van der Waals surface area contributed by atoms with Gasteiger partial charge in [-0.15, -0.1) is 0 Å². The highest BCUT2D eigenvalue weighted by atomic mass is 32.2. The van der Waals surface area contributed by atoms with E-state index in [1.54, 1.807) is 20.8 Å². The number of ether oxygens (including phenoxy) is 1. The fourth-order valence-corrected chi connectivity index (χ4v) is 4.30. The minimum absolute atomic E-state index is 0.0529.